The lowest BCUT2D eigenvalue weighted by atomic mass is 9.99. The molecule has 1 aliphatic rings. The van der Waals surface area contributed by atoms with Crippen molar-refractivity contribution in [2.45, 2.75) is 50.5 Å². The van der Waals surface area contributed by atoms with E-state index < -0.39 is 37.3 Å². The van der Waals surface area contributed by atoms with Crippen LogP contribution in [0.25, 0.3) is 6.08 Å². The van der Waals surface area contributed by atoms with E-state index in [0.29, 0.717) is 18.1 Å². The molecule has 5 atom stereocenters. The summed E-state index contributed by atoms with van der Waals surface area (Å²) in [5, 5.41) is 39.1. The van der Waals surface area contributed by atoms with Crippen LogP contribution in [0.2, 0.25) is 0 Å². The number of methoxy groups -OCH3 is 1. The zero-order valence-electron chi connectivity index (χ0n) is 16.2. The van der Waals surface area contributed by atoms with Crippen molar-refractivity contribution < 1.29 is 39.4 Å². The number of hydrogen-bond acceptors (Lipinski definition) is 8. The molecule has 0 bridgehead atoms. The van der Waals surface area contributed by atoms with Crippen molar-refractivity contribution in [1.29, 1.82) is 0 Å². The summed E-state index contributed by atoms with van der Waals surface area (Å²) in [4.78, 5) is 0. The van der Waals surface area contributed by atoms with E-state index in [9.17, 15) is 20.4 Å². The fourth-order valence-electron chi connectivity index (χ4n) is 2.76. The highest BCUT2D eigenvalue weighted by atomic mass is 16.7. The molecule has 158 valence electrons. The first-order valence-electron chi connectivity index (χ1n) is 9.41. The van der Waals surface area contributed by atoms with Crippen LogP contribution in [0.4, 0.5) is 0 Å². The molecule has 1 aromatic carbocycles. The fraction of sp³-hybridized carbons (Fsp3) is 0.600. The molecule has 28 heavy (non-hydrogen) atoms. The van der Waals surface area contributed by atoms with Crippen LogP contribution >= 0.6 is 0 Å². The summed E-state index contributed by atoms with van der Waals surface area (Å²) >= 11 is 0. The fourth-order valence-corrected chi connectivity index (χ4v) is 2.76. The molecule has 0 radical (unpaired) electrons. The molecule has 8 heteroatoms. The van der Waals surface area contributed by atoms with Gasteiger partial charge in [-0.1, -0.05) is 31.6 Å². The zero-order valence-corrected chi connectivity index (χ0v) is 16.2. The molecule has 8 nitrogen and oxygen atoms in total. The number of aliphatic hydroxyl groups excluding tert-OH is 4. The van der Waals surface area contributed by atoms with Crippen LogP contribution in [0.1, 0.15) is 25.3 Å². The monoisotopic (exact) mass is 398 g/mol. The quantitative estimate of drug-likeness (QED) is 0.426. The molecule has 0 aromatic heterocycles. The zero-order chi connectivity index (χ0) is 20.5. The molecule has 1 fully saturated rings. The predicted octanol–water partition coefficient (Wildman–Crippen LogP) is 0.704. The molecule has 0 aliphatic carbocycles. The summed E-state index contributed by atoms with van der Waals surface area (Å²) in [7, 11) is 1.48. The number of hydrogen-bond donors (Lipinski definition) is 4. The summed E-state index contributed by atoms with van der Waals surface area (Å²) in [5.41, 5.74) is 0.872. The van der Waals surface area contributed by atoms with Gasteiger partial charge in [-0.25, -0.2) is 0 Å². The molecule has 0 saturated carbocycles. The van der Waals surface area contributed by atoms with E-state index in [1.54, 1.807) is 18.2 Å². The van der Waals surface area contributed by atoms with Crippen LogP contribution in [-0.2, 0) is 9.47 Å². The molecular formula is C20H30O8. The minimum atomic E-state index is -1.50. The van der Waals surface area contributed by atoms with Crippen molar-refractivity contribution >= 4 is 6.08 Å². The normalized spacial score (nSPS) is 27.9. The molecule has 1 saturated heterocycles. The van der Waals surface area contributed by atoms with Gasteiger partial charge in [-0.05, 0) is 24.1 Å². The number of benzene rings is 1. The SMILES string of the molecule is CCCCOC/C=C/c1ccc(O[C@@H]2O[C@H](CO)[C@@H](O)[C@H](O)[C@H]2O)c(OC)c1. The van der Waals surface area contributed by atoms with Crippen LogP contribution in [0.15, 0.2) is 24.3 Å². The third-order valence-corrected chi connectivity index (χ3v) is 4.45. The molecule has 1 heterocycles. The highest BCUT2D eigenvalue weighted by Gasteiger charge is 2.44. The maximum absolute atomic E-state index is 10.1. The van der Waals surface area contributed by atoms with E-state index in [4.69, 9.17) is 18.9 Å². The Kier molecular flexibility index (Phi) is 9.17. The highest BCUT2D eigenvalue weighted by molar-refractivity contribution is 5.56. The first-order valence-corrected chi connectivity index (χ1v) is 9.41. The molecule has 1 aromatic rings. The average Bonchev–Trinajstić information content (AvgIpc) is 2.71. The van der Waals surface area contributed by atoms with Crippen molar-refractivity contribution in [3.63, 3.8) is 0 Å². The standard InChI is InChI=1S/C20H30O8/c1-3-4-9-26-10-5-6-13-7-8-14(15(11-13)25-2)27-20-19(24)18(23)17(22)16(12-21)28-20/h5-8,11,16-24H,3-4,9-10,12H2,1-2H3/b6-5+/t16-,17-,18+,19-,20-/m1/s1. The summed E-state index contributed by atoms with van der Waals surface area (Å²) < 4.78 is 21.8. The van der Waals surface area contributed by atoms with Crippen molar-refractivity contribution in [3.8, 4) is 11.5 Å². The second kappa shape index (κ2) is 11.4. The first-order chi connectivity index (χ1) is 13.5. The van der Waals surface area contributed by atoms with Crippen LogP contribution in [0.5, 0.6) is 11.5 Å². The molecule has 0 amide bonds. The van der Waals surface area contributed by atoms with Crippen molar-refractivity contribution in [3.05, 3.63) is 29.8 Å². The summed E-state index contributed by atoms with van der Waals surface area (Å²) in [6.45, 7) is 2.84. The number of aliphatic hydroxyl groups is 4. The largest absolute Gasteiger partial charge is 0.493 e. The van der Waals surface area contributed by atoms with Gasteiger partial charge >= 0.3 is 0 Å². The summed E-state index contributed by atoms with van der Waals surface area (Å²) in [6, 6.07) is 5.20. The number of rotatable bonds is 10. The summed E-state index contributed by atoms with van der Waals surface area (Å²) in [6.07, 6.45) is -0.799. The Morgan fingerprint density at radius 3 is 2.57 bits per heavy atom. The summed E-state index contributed by atoms with van der Waals surface area (Å²) in [5.74, 6) is 0.703. The van der Waals surface area contributed by atoms with Gasteiger partial charge < -0.3 is 39.4 Å². The second-order valence-electron chi connectivity index (χ2n) is 6.56. The third-order valence-electron chi connectivity index (χ3n) is 4.45. The Bertz CT molecular complexity index is 618. The molecule has 4 N–H and O–H groups in total. The maximum Gasteiger partial charge on any atom is 0.229 e. The number of ether oxygens (including phenoxy) is 4. The Hall–Kier alpha value is -1.68. The second-order valence-corrected chi connectivity index (χ2v) is 6.56. The average molecular weight is 398 g/mol. The topological polar surface area (TPSA) is 118 Å². The van der Waals surface area contributed by atoms with Crippen LogP contribution in [-0.4, -0.2) is 78.1 Å². The van der Waals surface area contributed by atoms with Gasteiger partial charge in [-0.2, -0.15) is 0 Å². The molecule has 0 spiro atoms. The lowest BCUT2D eigenvalue weighted by molar-refractivity contribution is -0.277. The Balaban J connectivity index is 2.02. The lowest BCUT2D eigenvalue weighted by Gasteiger charge is -2.39. The predicted molar refractivity (Wildman–Crippen MR) is 102 cm³/mol. The van der Waals surface area contributed by atoms with E-state index in [1.807, 2.05) is 12.2 Å². The highest BCUT2D eigenvalue weighted by Crippen LogP contribution is 2.32. The number of unbranched alkanes of at least 4 members (excludes halogenated alkanes) is 1. The van der Waals surface area contributed by atoms with Crippen LogP contribution in [0.3, 0.4) is 0 Å². The van der Waals surface area contributed by atoms with Gasteiger partial charge in [0.15, 0.2) is 11.5 Å². The van der Waals surface area contributed by atoms with Crippen molar-refractivity contribution in [2.24, 2.45) is 0 Å². The van der Waals surface area contributed by atoms with Gasteiger partial charge in [0.1, 0.15) is 24.4 Å². The molecular weight excluding hydrogens is 368 g/mol. The molecule has 1 aliphatic heterocycles. The minimum absolute atomic E-state index is 0.295. The van der Waals surface area contributed by atoms with E-state index in [0.717, 1.165) is 25.0 Å². The molecule has 0 unspecified atom stereocenters. The van der Waals surface area contributed by atoms with Crippen molar-refractivity contribution in [2.75, 3.05) is 26.9 Å². The van der Waals surface area contributed by atoms with Gasteiger partial charge in [0.05, 0.1) is 20.3 Å². The first kappa shape index (κ1) is 22.6. The van der Waals surface area contributed by atoms with E-state index in [2.05, 4.69) is 6.92 Å². The smallest absolute Gasteiger partial charge is 0.229 e. The van der Waals surface area contributed by atoms with E-state index >= 15 is 0 Å². The molecule has 2 rings (SSSR count). The lowest BCUT2D eigenvalue weighted by Crippen LogP contribution is -2.60. The van der Waals surface area contributed by atoms with E-state index in [-0.39, 0.29) is 0 Å². The van der Waals surface area contributed by atoms with Crippen LogP contribution < -0.4 is 9.47 Å². The maximum atomic E-state index is 10.1. The van der Waals surface area contributed by atoms with Crippen molar-refractivity contribution in [1.82, 2.24) is 0 Å². The van der Waals surface area contributed by atoms with Gasteiger partial charge in [0.2, 0.25) is 6.29 Å². The Morgan fingerprint density at radius 2 is 1.89 bits per heavy atom. The Labute approximate surface area is 164 Å². The van der Waals surface area contributed by atoms with Gasteiger partial charge in [0, 0.05) is 6.61 Å². The van der Waals surface area contributed by atoms with Gasteiger partial charge in [-0.3, -0.25) is 0 Å². The van der Waals surface area contributed by atoms with Gasteiger partial charge in [0.25, 0.3) is 0 Å². The Morgan fingerprint density at radius 1 is 1.11 bits per heavy atom. The van der Waals surface area contributed by atoms with Gasteiger partial charge in [-0.15, -0.1) is 0 Å². The minimum Gasteiger partial charge on any atom is -0.493 e. The third kappa shape index (κ3) is 5.91. The van der Waals surface area contributed by atoms with Crippen LogP contribution in [0, 0.1) is 0 Å². The van der Waals surface area contributed by atoms with E-state index in [1.165, 1.54) is 7.11 Å².